The zero-order valence-electron chi connectivity index (χ0n) is 9.81. The first-order valence-corrected chi connectivity index (χ1v) is 7.46. The molecule has 4 nitrogen and oxygen atoms in total. The lowest BCUT2D eigenvalue weighted by Crippen LogP contribution is -2.21. The summed E-state index contributed by atoms with van der Waals surface area (Å²) in [5.41, 5.74) is 1.45. The number of nitrogens with one attached hydrogen (secondary N) is 1. The Kier molecular flexibility index (Phi) is 3.43. The smallest absolute Gasteiger partial charge is 0.245 e. The second-order valence-electron chi connectivity index (χ2n) is 4.32. The highest BCUT2D eigenvalue weighted by atomic mass is 35.5. The van der Waals surface area contributed by atoms with Crippen molar-refractivity contribution in [2.75, 3.05) is 0 Å². The van der Waals surface area contributed by atoms with Crippen molar-refractivity contribution in [3.05, 3.63) is 32.8 Å². The van der Waals surface area contributed by atoms with Crippen LogP contribution in [0.5, 0.6) is 0 Å². The highest BCUT2D eigenvalue weighted by molar-refractivity contribution is 7.08. The molecule has 0 amide bonds. The van der Waals surface area contributed by atoms with Gasteiger partial charge in [0.25, 0.3) is 0 Å². The van der Waals surface area contributed by atoms with Crippen molar-refractivity contribution >= 4 is 40.8 Å². The number of thiophene rings is 1. The number of rotatable bonds is 3. The van der Waals surface area contributed by atoms with Crippen molar-refractivity contribution in [2.45, 2.75) is 12.8 Å². The molecule has 0 atom stereocenters. The van der Waals surface area contributed by atoms with Crippen molar-refractivity contribution in [3.8, 4) is 11.1 Å². The SMILES string of the molecule is N=c1nc(Cl)c(-c2ccsc2)c(Cl)n1/N=C/C1CC1. The Morgan fingerprint density at radius 2 is 2.26 bits per heavy atom. The highest BCUT2D eigenvalue weighted by Crippen LogP contribution is 2.33. The van der Waals surface area contributed by atoms with Crippen LogP contribution in [0.1, 0.15) is 12.8 Å². The topological polar surface area (TPSA) is 54.0 Å². The molecule has 0 aromatic carbocycles. The summed E-state index contributed by atoms with van der Waals surface area (Å²) in [6, 6.07) is 1.91. The van der Waals surface area contributed by atoms with E-state index >= 15 is 0 Å². The first kappa shape index (κ1) is 12.8. The van der Waals surface area contributed by atoms with Crippen LogP contribution in [-0.2, 0) is 0 Å². The number of hydrogen-bond donors (Lipinski definition) is 1. The average Bonchev–Trinajstić information content (AvgIpc) is 3.03. The zero-order valence-corrected chi connectivity index (χ0v) is 12.1. The third kappa shape index (κ3) is 2.59. The first-order chi connectivity index (χ1) is 9.16. The number of nitrogens with zero attached hydrogens (tertiary/aromatic N) is 3. The monoisotopic (exact) mass is 312 g/mol. The van der Waals surface area contributed by atoms with Crippen LogP contribution in [0.4, 0.5) is 0 Å². The van der Waals surface area contributed by atoms with Crippen LogP contribution in [-0.4, -0.2) is 15.9 Å². The molecule has 2 aromatic rings. The Labute approximate surface area is 123 Å². The van der Waals surface area contributed by atoms with Gasteiger partial charge in [-0.3, -0.25) is 5.41 Å². The Morgan fingerprint density at radius 3 is 2.89 bits per heavy atom. The Bertz CT molecular complexity index is 686. The minimum absolute atomic E-state index is 0.0640. The van der Waals surface area contributed by atoms with E-state index in [4.69, 9.17) is 28.6 Å². The molecule has 0 unspecified atom stereocenters. The van der Waals surface area contributed by atoms with E-state index in [1.807, 2.05) is 23.0 Å². The molecule has 0 bridgehead atoms. The molecule has 98 valence electrons. The third-order valence-corrected chi connectivity index (χ3v) is 4.13. The summed E-state index contributed by atoms with van der Waals surface area (Å²) >= 11 is 14.0. The Morgan fingerprint density at radius 1 is 1.47 bits per heavy atom. The van der Waals surface area contributed by atoms with E-state index in [0.717, 1.165) is 18.4 Å². The molecule has 1 aliphatic carbocycles. The van der Waals surface area contributed by atoms with E-state index in [-0.39, 0.29) is 10.8 Å². The third-order valence-electron chi connectivity index (χ3n) is 2.83. The van der Waals surface area contributed by atoms with E-state index in [1.54, 1.807) is 11.3 Å². The van der Waals surface area contributed by atoms with Crippen LogP contribution >= 0.6 is 34.5 Å². The van der Waals surface area contributed by atoms with Crippen LogP contribution in [0.2, 0.25) is 10.3 Å². The average molecular weight is 313 g/mol. The van der Waals surface area contributed by atoms with Gasteiger partial charge in [0.15, 0.2) is 0 Å². The highest BCUT2D eigenvalue weighted by Gasteiger charge is 2.20. The molecule has 1 fully saturated rings. The maximum Gasteiger partial charge on any atom is 0.245 e. The summed E-state index contributed by atoms with van der Waals surface area (Å²) in [6.07, 6.45) is 4.11. The maximum absolute atomic E-state index is 7.81. The van der Waals surface area contributed by atoms with Crippen LogP contribution in [0.3, 0.4) is 0 Å². The molecule has 2 aromatic heterocycles. The summed E-state index contributed by atoms with van der Waals surface area (Å²) in [4.78, 5) is 3.99. The van der Waals surface area contributed by atoms with E-state index in [2.05, 4.69) is 10.1 Å². The van der Waals surface area contributed by atoms with Gasteiger partial charge in [0.05, 0.1) is 5.56 Å². The van der Waals surface area contributed by atoms with Gasteiger partial charge in [-0.15, -0.1) is 0 Å². The van der Waals surface area contributed by atoms with Crippen LogP contribution in [0, 0.1) is 11.3 Å². The molecule has 1 N–H and O–H groups in total. The fourth-order valence-corrected chi connectivity index (χ4v) is 2.93. The standard InChI is InChI=1S/C12H10Cl2N4S/c13-10-9(8-3-4-19-6-8)11(14)18(12(15)17-10)16-5-7-1-2-7/h3-7,15H,1-2H2/b15-12?,16-5+. The van der Waals surface area contributed by atoms with Crippen molar-refractivity contribution in [1.29, 1.82) is 5.41 Å². The predicted molar refractivity (Wildman–Crippen MR) is 78.0 cm³/mol. The quantitative estimate of drug-likeness (QED) is 0.682. The molecule has 19 heavy (non-hydrogen) atoms. The van der Waals surface area contributed by atoms with Crippen molar-refractivity contribution < 1.29 is 0 Å². The lowest BCUT2D eigenvalue weighted by Gasteiger charge is -2.09. The fourth-order valence-electron chi connectivity index (χ4n) is 1.64. The lowest BCUT2D eigenvalue weighted by atomic mass is 10.2. The van der Waals surface area contributed by atoms with E-state index in [0.29, 0.717) is 16.6 Å². The van der Waals surface area contributed by atoms with Crippen molar-refractivity contribution in [3.63, 3.8) is 0 Å². The van der Waals surface area contributed by atoms with Gasteiger partial charge in [0.1, 0.15) is 10.3 Å². The molecule has 0 saturated heterocycles. The summed E-state index contributed by atoms with van der Waals surface area (Å²) < 4.78 is 1.32. The predicted octanol–water partition coefficient (Wildman–Crippen LogP) is 3.64. The van der Waals surface area contributed by atoms with Crippen molar-refractivity contribution in [1.82, 2.24) is 9.66 Å². The Balaban J connectivity index is 2.14. The van der Waals surface area contributed by atoms with E-state index in [9.17, 15) is 0 Å². The first-order valence-electron chi connectivity index (χ1n) is 5.76. The van der Waals surface area contributed by atoms with Gasteiger partial charge in [-0.2, -0.15) is 26.1 Å². The second kappa shape index (κ2) is 5.07. The molecular formula is C12H10Cl2N4S. The fraction of sp³-hybridized carbons (Fsp3) is 0.250. The zero-order chi connectivity index (χ0) is 13.4. The molecule has 2 heterocycles. The summed E-state index contributed by atoms with van der Waals surface area (Å²) in [5.74, 6) is 0.503. The number of hydrogen-bond acceptors (Lipinski definition) is 4. The van der Waals surface area contributed by atoms with Gasteiger partial charge in [-0.25, -0.2) is 0 Å². The largest absolute Gasteiger partial charge is 0.265 e. The summed E-state index contributed by atoms with van der Waals surface area (Å²) in [7, 11) is 0. The van der Waals surface area contributed by atoms with Crippen LogP contribution in [0.15, 0.2) is 21.9 Å². The van der Waals surface area contributed by atoms with Gasteiger partial charge in [0.2, 0.25) is 5.62 Å². The lowest BCUT2D eigenvalue weighted by molar-refractivity contribution is 0.743. The van der Waals surface area contributed by atoms with E-state index < -0.39 is 0 Å². The molecule has 1 saturated carbocycles. The molecule has 0 aliphatic heterocycles. The molecule has 0 spiro atoms. The van der Waals surface area contributed by atoms with Gasteiger partial charge < -0.3 is 0 Å². The van der Waals surface area contributed by atoms with Crippen LogP contribution < -0.4 is 5.62 Å². The molecule has 7 heteroatoms. The van der Waals surface area contributed by atoms with Crippen molar-refractivity contribution in [2.24, 2.45) is 11.0 Å². The molecule has 0 radical (unpaired) electrons. The summed E-state index contributed by atoms with van der Waals surface area (Å²) in [6.45, 7) is 0. The number of aromatic nitrogens is 2. The van der Waals surface area contributed by atoms with Gasteiger partial charge in [-0.1, -0.05) is 23.2 Å². The van der Waals surface area contributed by atoms with Crippen LogP contribution in [0.25, 0.3) is 11.1 Å². The maximum atomic E-state index is 7.81. The van der Waals surface area contributed by atoms with Gasteiger partial charge in [-0.05, 0) is 41.1 Å². The normalized spacial score (nSPS) is 15.3. The van der Waals surface area contributed by atoms with E-state index in [1.165, 1.54) is 4.68 Å². The minimum Gasteiger partial charge on any atom is -0.265 e. The molecule has 1 aliphatic rings. The van der Waals surface area contributed by atoms with Gasteiger partial charge >= 0.3 is 0 Å². The Hall–Kier alpha value is -1.17. The van der Waals surface area contributed by atoms with Gasteiger partial charge in [0, 0.05) is 6.21 Å². The number of halogens is 2. The summed E-state index contributed by atoms with van der Waals surface area (Å²) in [5, 5.41) is 16.5. The second-order valence-corrected chi connectivity index (χ2v) is 5.81. The minimum atomic E-state index is -0.0640. The molecule has 3 rings (SSSR count). The molecular weight excluding hydrogens is 303 g/mol.